The van der Waals surface area contributed by atoms with Gasteiger partial charge in [-0.15, -0.1) is 0 Å². The number of carbonyl (C=O) groups is 2. The number of benzene rings is 3. The average Bonchev–Trinajstić information content (AvgIpc) is 3.29. The number of ether oxygens (including phenoxy) is 1. The van der Waals surface area contributed by atoms with Gasteiger partial charge >= 0.3 is 0 Å². The quantitative estimate of drug-likeness (QED) is 0.407. The largest absolute Gasteiger partial charge is 0.377 e. The number of rotatable bonds is 7. The molecule has 0 aliphatic carbocycles. The molecule has 5 rings (SSSR count). The molecule has 7 heteroatoms. The van der Waals surface area contributed by atoms with E-state index in [-0.39, 0.29) is 12.0 Å². The van der Waals surface area contributed by atoms with Gasteiger partial charge in [0.05, 0.1) is 24.1 Å². The van der Waals surface area contributed by atoms with Crippen molar-refractivity contribution in [3.05, 3.63) is 102 Å². The van der Waals surface area contributed by atoms with Crippen LogP contribution in [0.2, 0.25) is 0 Å². The first kappa shape index (κ1) is 23.5. The van der Waals surface area contributed by atoms with Crippen molar-refractivity contribution < 1.29 is 14.3 Å². The van der Waals surface area contributed by atoms with E-state index < -0.39 is 12.1 Å². The average molecular weight is 481 g/mol. The zero-order valence-corrected chi connectivity index (χ0v) is 20.3. The molecule has 1 aliphatic rings. The molecular formula is C29H28N4O3. The minimum atomic E-state index is -1.11. The molecule has 0 fully saturated rings. The predicted molar refractivity (Wildman–Crippen MR) is 142 cm³/mol. The number of fused-ring (bicyclic) bond motifs is 2. The second-order valence-electron chi connectivity index (χ2n) is 8.92. The fourth-order valence-corrected chi connectivity index (χ4v) is 4.36. The number of anilines is 1. The number of hydrogen-bond acceptors (Lipinski definition) is 4. The van der Waals surface area contributed by atoms with Crippen molar-refractivity contribution in [2.75, 3.05) is 18.1 Å². The van der Waals surface area contributed by atoms with Crippen LogP contribution in [0.3, 0.4) is 0 Å². The number of aliphatic imine (C=N–C) groups is 1. The van der Waals surface area contributed by atoms with E-state index in [0.29, 0.717) is 24.6 Å². The summed E-state index contributed by atoms with van der Waals surface area (Å²) in [5.74, 6) is -0.713. The Labute approximate surface area is 209 Å². The Bertz CT molecular complexity index is 1390. The van der Waals surface area contributed by atoms with E-state index >= 15 is 0 Å². The van der Waals surface area contributed by atoms with Gasteiger partial charge in [0.15, 0.2) is 0 Å². The second-order valence-corrected chi connectivity index (χ2v) is 8.92. The van der Waals surface area contributed by atoms with Gasteiger partial charge in [-0.1, -0.05) is 66.7 Å². The molecule has 1 aliphatic heterocycles. The van der Waals surface area contributed by atoms with E-state index in [9.17, 15) is 9.59 Å². The summed E-state index contributed by atoms with van der Waals surface area (Å²) in [6.07, 6.45) is -1.07. The lowest BCUT2D eigenvalue weighted by Gasteiger charge is -2.25. The Morgan fingerprint density at radius 3 is 2.53 bits per heavy atom. The Morgan fingerprint density at radius 2 is 1.75 bits per heavy atom. The van der Waals surface area contributed by atoms with Gasteiger partial charge < -0.3 is 19.9 Å². The number of para-hydroxylation sites is 2. The molecule has 182 valence electrons. The Kier molecular flexibility index (Phi) is 6.64. The molecular weight excluding hydrogens is 452 g/mol. The van der Waals surface area contributed by atoms with E-state index in [1.807, 2.05) is 92.7 Å². The van der Waals surface area contributed by atoms with Crippen LogP contribution in [0.25, 0.3) is 10.9 Å². The molecule has 4 aromatic rings. The van der Waals surface area contributed by atoms with E-state index in [1.54, 1.807) is 11.0 Å². The summed E-state index contributed by atoms with van der Waals surface area (Å²) in [6.45, 7) is 4.61. The normalized spacial score (nSPS) is 15.5. The van der Waals surface area contributed by atoms with Crippen LogP contribution in [0.15, 0.2) is 89.9 Å². The zero-order chi connectivity index (χ0) is 25.1. The predicted octanol–water partition coefficient (Wildman–Crippen LogP) is 4.53. The smallest absolute Gasteiger partial charge is 0.272 e. The zero-order valence-electron chi connectivity index (χ0n) is 20.3. The molecule has 36 heavy (non-hydrogen) atoms. The van der Waals surface area contributed by atoms with Crippen LogP contribution < -0.4 is 10.2 Å². The molecule has 0 saturated heterocycles. The monoisotopic (exact) mass is 480 g/mol. The van der Waals surface area contributed by atoms with Gasteiger partial charge in [-0.3, -0.25) is 9.59 Å². The van der Waals surface area contributed by atoms with Crippen LogP contribution in [0, 0.1) is 0 Å². The standard InChI is InChI=1S/C29H28N4O3/c1-19(2)36-17-16-33-25-15-9-7-13-22(25)26(20-10-4-3-5-11-20)31-27(29(33)35)32-28(34)24-18-21-12-6-8-14-23(21)30-24/h3-15,18-19,27,30H,16-17H2,1-2H3,(H,32,34). The van der Waals surface area contributed by atoms with E-state index in [0.717, 1.165) is 27.7 Å². The number of nitrogens with one attached hydrogen (secondary N) is 2. The summed E-state index contributed by atoms with van der Waals surface area (Å²) in [5, 5.41) is 3.78. The number of carbonyl (C=O) groups excluding carboxylic acids is 2. The highest BCUT2D eigenvalue weighted by Gasteiger charge is 2.33. The van der Waals surface area contributed by atoms with E-state index in [2.05, 4.69) is 10.3 Å². The van der Waals surface area contributed by atoms with Crippen LogP contribution in [0.5, 0.6) is 0 Å². The number of aromatic nitrogens is 1. The van der Waals surface area contributed by atoms with Crippen molar-refractivity contribution in [1.82, 2.24) is 10.3 Å². The molecule has 1 atom stereocenters. The fourth-order valence-electron chi connectivity index (χ4n) is 4.36. The van der Waals surface area contributed by atoms with Gasteiger partial charge in [0.1, 0.15) is 5.69 Å². The van der Waals surface area contributed by atoms with Crippen molar-refractivity contribution in [3.8, 4) is 0 Å². The minimum absolute atomic E-state index is 0.0379. The summed E-state index contributed by atoms with van der Waals surface area (Å²) in [4.78, 5) is 36.7. The number of amides is 2. The maximum atomic E-state index is 13.8. The van der Waals surface area contributed by atoms with Crippen molar-refractivity contribution in [3.63, 3.8) is 0 Å². The third kappa shape index (κ3) is 4.78. The molecule has 7 nitrogen and oxygen atoms in total. The number of benzodiazepines with no additional fused rings is 1. The van der Waals surface area contributed by atoms with Gasteiger partial charge in [0.2, 0.25) is 6.17 Å². The fraction of sp³-hybridized carbons (Fsp3) is 0.207. The van der Waals surface area contributed by atoms with Crippen LogP contribution in [-0.2, 0) is 9.53 Å². The lowest BCUT2D eigenvalue weighted by molar-refractivity contribution is -0.120. The first-order valence-electron chi connectivity index (χ1n) is 12.1. The Balaban J connectivity index is 1.54. The van der Waals surface area contributed by atoms with Gasteiger partial charge in [-0.25, -0.2) is 4.99 Å². The third-order valence-corrected chi connectivity index (χ3v) is 6.06. The molecule has 3 aromatic carbocycles. The number of nitrogens with zero attached hydrogens (tertiary/aromatic N) is 2. The van der Waals surface area contributed by atoms with Gasteiger partial charge in [-0.05, 0) is 32.0 Å². The maximum absolute atomic E-state index is 13.8. The van der Waals surface area contributed by atoms with Gasteiger partial charge in [0, 0.05) is 28.6 Å². The topological polar surface area (TPSA) is 86.8 Å². The minimum Gasteiger partial charge on any atom is -0.377 e. The lowest BCUT2D eigenvalue weighted by atomic mass is 10.0. The molecule has 0 spiro atoms. The molecule has 2 amide bonds. The molecule has 1 unspecified atom stereocenters. The van der Waals surface area contributed by atoms with Gasteiger partial charge in [-0.2, -0.15) is 0 Å². The van der Waals surface area contributed by atoms with Crippen molar-refractivity contribution in [2.45, 2.75) is 26.1 Å². The Morgan fingerprint density at radius 1 is 1.03 bits per heavy atom. The highest BCUT2D eigenvalue weighted by molar-refractivity contribution is 6.20. The number of hydrogen-bond donors (Lipinski definition) is 2. The van der Waals surface area contributed by atoms with E-state index in [4.69, 9.17) is 9.73 Å². The molecule has 0 radical (unpaired) electrons. The van der Waals surface area contributed by atoms with Crippen LogP contribution in [0.1, 0.15) is 35.5 Å². The van der Waals surface area contributed by atoms with Crippen LogP contribution in [-0.4, -0.2) is 47.9 Å². The highest BCUT2D eigenvalue weighted by Crippen LogP contribution is 2.28. The number of aromatic amines is 1. The molecule has 0 bridgehead atoms. The second kappa shape index (κ2) is 10.2. The summed E-state index contributed by atoms with van der Waals surface area (Å²) < 4.78 is 5.76. The molecule has 0 saturated carbocycles. The highest BCUT2D eigenvalue weighted by atomic mass is 16.5. The summed E-state index contributed by atoms with van der Waals surface area (Å²) in [6, 6.07) is 26.8. The summed E-state index contributed by atoms with van der Waals surface area (Å²) in [5.41, 5.74) is 4.29. The van der Waals surface area contributed by atoms with Crippen molar-refractivity contribution >= 4 is 34.1 Å². The summed E-state index contributed by atoms with van der Waals surface area (Å²) >= 11 is 0. The molecule has 2 N–H and O–H groups in total. The SMILES string of the molecule is CC(C)OCCN1C(=O)C(NC(=O)c2cc3ccccc3[nH]2)N=C(c2ccccc2)c2ccccc21. The van der Waals surface area contributed by atoms with Crippen molar-refractivity contribution in [1.29, 1.82) is 0 Å². The number of H-pyrrole nitrogens is 1. The molecule has 2 heterocycles. The third-order valence-electron chi connectivity index (χ3n) is 6.06. The van der Waals surface area contributed by atoms with Crippen molar-refractivity contribution in [2.24, 2.45) is 4.99 Å². The Hall–Kier alpha value is -4.23. The van der Waals surface area contributed by atoms with E-state index in [1.165, 1.54) is 0 Å². The molecule has 1 aromatic heterocycles. The lowest BCUT2D eigenvalue weighted by Crippen LogP contribution is -2.48. The first-order valence-corrected chi connectivity index (χ1v) is 12.1. The van der Waals surface area contributed by atoms with Crippen LogP contribution in [0.4, 0.5) is 5.69 Å². The first-order chi connectivity index (χ1) is 17.5. The summed E-state index contributed by atoms with van der Waals surface area (Å²) in [7, 11) is 0. The maximum Gasteiger partial charge on any atom is 0.272 e. The van der Waals surface area contributed by atoms with Gasteiger partial charge in [0.25, 0.3) is 11.8 Å². The van der Waals surface area contributed by atoms with Crippen LogP contribution >= 0.6 is 0 Å².